The lowest BCUT2D eigenvalue weighted by molar-refractivity contribution is -0.0450. The predicted octanol–water partition coefficient (Wildman–Crippen LogP) is 2.46. The van der Waals surface area contributed by atoms with Crippen LogP contribution in [0.2, 0.25) is 0 Å². The van der Waals surface area contributed by atoms with Crippen LogP contribution >= 0.6 is 0 Å². The Morgan fingerprint density at radius 3 is 2.77 bits per heavy atom. The smallest absolute Gasteiger partial charge is 0.284 e. The van der Waals surface area contributed by atoms with E-state index in [4.69, 9.17) is 11.5 Å². The Morgan fingerprint density at radius 1 is 1.35 bits per heavy atom. The SMILES string of the molecule is Cn1cc(NC(=O)c2c(C3CCC(F)(F)CC3N)nn3ccc(N)nc23)c(C(F)F)n1. The fraction of sp³-hybridized carbons (Fsp3) is 0.444. The van der Waals surface area contributed by atoms with E-state index in [1.54, 1.807) is 0 Å². The van der Waals surface area contributed by atoms with Crippen molar-refractivity contribution in [2.24, 2.45) is 12.8 Å². The van der Waals surface area contributed by atoms with Crippen molar-refractivity contribution in [3.8, 4) is 0 Å². The third kappa shape index (κ3) is 3.92. The van der Waals surface area contributed by atoms with E-state index in [2.05, 4.69) is 20.5 Å². The number of halogens is 4. The first-order chi connectivity index (χ1) is 14.6. The zero-order valence-electron chi connectivity index (χ0n) is 16.4. The molecule has 3 aromatic heterocycles. The summed E-state index contributed by atoms with van der Waals surface area (Å²) in [6, 6.07) is 0.503. The minimum absolute atomic E-state index is 0.00296. The monoisotopic (exact) mass is 440 g/mol. The van der Waals surface area contributed by atoms with Gasteiger partial charge in [0.05, 0.1) is 11.4 Å². The lowest BCUT2D eigenvalue weighted by atomic mass is 9.80. The van der Waals surface area contributed by atoms with Crippen molar-refractivity contribution >= 4 is 23.1 Å². The van der Waals surface area contributed by atoms with Crippen molar-refractivity contribution in [3.05, 3.63) is 35.4 Å². The number of hydrogen-bond acceptors (Lipinski definition) is 6. The zero-order valence-corrected chi connectivity index (χ0v) is 16.4. The normalized spacial score (nSPS) is 21.0. The first-order valence-corrected chi connectivity index (χ1v) is 9.47. The Kier molecular flexibility index (Phi) is 5.07. The molecule has 0 radical (unpaired) electrons. The van der Waals surface area contributed by atoms with E-state index in [1.165, 1.54) is 30.0 Å². The summed E-state index contributed by atoms with van der Waals surface area (Å²) in [6.45, 7) is 0. The van der Waals surface area contributed by atoms with Gasteiger partial charge in [-0.05, 0) is 12.5 Å². The molecule has 2 unspecified atom stereocenters. The summed E-state index contributed by atoms with van der Waals surface area (Å²) in [4.78, 5) is 17.3. The minimum Gasteiger partial charge on any atom is -0.384 e. The van der Waals surface area contributed by atoms with Gasteiger partial charge < -0.3 is 16.8 Å². The highest BCUT2D eigenvalue weighted by Crippen LogP contribution is 2.41. The molecule has 0 aromatic carbocycles. The maximum atomic E-state index is 13.8. The van der Waals surface area contributed by atoms with Gasteiger partial charge in [0, 0.05) is 44.2 Å². The molecule has 1 saturated carbocycles. The molecular formula is C18H20F4N8O. The Balaban J connectivity index is 1.78. The van der Waals surface area contributed by atoms with Crippen molar-refractivity contribution in [3.63, 3.8) is 0 Å². The van der Waals surface area contributed by atoms with Crippen molar-refractivity contribution in [1.82, 2.24) is 24.4 Å². The molecule has 3 heterocycles. The van der Waals surface area contributed by atoms with Crippen molar-refractivity contribution in [1.29, 1.82) is 0 Å². The van der Waals surface area contributed by atoms with Crippen LogP contribution in [0.25, 0.3) is 5.65 Å². The Labute approximate surface area is 173 Å². The van der Waals surface area contributed by atoms with E-state index in [9.17, 15) is 22.4 Å². The molecule has 1 amide bonds. The maximum absolute atomic E-state index is 13.8. The highest BCUT2D eigenvalue weighted by Gasteiger charge is 2.43. The van der Waals surface area contributed by atoms with E-state index < -0.39 is 48.8 Å². The molecule has 4 rings (SSSR count). The Bertz CT molecular complexity index is 1140. The summed E-state index contributed by atoms with van der Waals surface area (Å²) < 4.78 is 56.5. The fourth-order valence-corrected chi connectivity index (χ4v) is 3.89. The maximum Gasteiger partial charge on any atom is 0.284 e. The molecule has 1 aliphatic rings. The number of anilines is 2. The van der Waals surface area contributed by atoms with Crippen molar-refractivity contribution < 1.29 is 22.4 Å². The molecule has 1 fully saturated rings. The van der Waals surface area contributed by atoms with Gasteiger partial charge in [-0.3, -0.25) is 9.48 Å². The van der Waals surface area contributed by atoms with Gasteiger partial charge >= 0.3 is 0 Å². The summed E-state index contributed by atoms with van der Waals surface area (Å²) in [6.07, 6.45) is -1.17. The van der Waals surface area contributed by atoms with E-state index >= 15 is 0 Å². The van der Waals surface area contributed by atoms with Gasteiger partial charge in [-0.15, -0.1) is 0 Å². The second kappa shape index (κ2) is 7.48. The van der Waals surface area contributed by atoms with Crippen LogP contribution in [0.3, 0.4) is 0 Å². The number of fused-ring (bicyclic) bond motifs is 1. The fourth-order valence-electron chi connectivity index (χ4n) is 3.89. The van der Waals surface area contributed by atoms with Gasteiger partial charge in [0.1, 0.15) is 11.4 Å². The molecule has 13 heteroatoms. The van der Waals surface area contributed by atoms with Crippen molar-refractivity contribution in [2.45, 2.75) is 43.6 Å². The lowest BCUT2D eigenvalue weighted by Crippen LogP contribution is -2.41. The summed E-state index contributed by atoms with van der Waals surface area (Å²) >= 11 is 0. The molecule has 0 bridgehead atoms. The number of nitrogens with one attached hydrogen (secondary N) is 1. The number of aryl methyl sites for hydroxylation is 1. The van der Waals surface area contributed by atoms with Gasteiger partial charge in [-0.2, -0.15) is 10.2 Å². The number of amides is 1. The molecule has 31 heavy (non-hydrogen) atoms. The number of nitrogens with two attached hydrogens (primary N) is 2. The second-order valence-corrected chi connectivity index (χ2v) is 7.61. The van der Waals surface area contributed by atoms with Gasteiger partial charge in [0.15, 0.2) is 11.3 Å². The first-order valence-electron chi connectivity index (χ1n) is 9.47. The number of alkyl halides is 4. The topological polar surface area (TPSA) is 129 Å². The van der Waals surface area contributed by atoms with Crippen LogP contribution in [0.5, 0.6) is 0 Å². The Morgan fingerprint density at radius 2 is 2.10 bits per heavy atom. The van der Waals surface area contributed by atoms with Crippen LogP contribution in [0.4, 0.5) is 29.1 Å². The molecule has 9 nitrogen and oxygen atoms in total. The van der Waals surface area contributed by atoms with Gasteiger partial charge in [0.25, 0.3) is 12.3 Å². The molecule has 0 spiro atoms. The van der Waals surface area contributed by atoms with Crippen LogP contribution in [0, 0.1) is 0 Å². The number of carbonyl (C=O) groups excluding carboxylic acids is 1. The average molecular weight is 440 g/mol. The standard InChI is InChI=1S/C18H20F4N8O/c1-29-7-10(14(27-29)15(19)20)25-17(31)12-13(8-2-4-18(21,22)6-9(8)23)28-30-5-3-11(24)26-16(12)30/h3,5,7-9,15H,2,4,6,23H2,1H3,(H2,24,26)(H,25,31). The third-order valence-corrected chi connectivity index (χ3v) is 5.30. The van der Waals surface area contributed by atoms with E-state index in [0.29, 0.717) is 0 Å². The van der Waals surface area contributed by atoms with Crippen LogP contribution in [-0.2, 0) is 7.05 Å². The lowest BCUT2D eigenvalue weighted by Gasteiger charge is -2.33. The quantitative estimate of drug-likeness (QED) is 0.535. The summed E-state index contributed by atoms with van der Waals surface area (Å²) in [5.74, 6) is -4.24. The molecule has 3 aromatic rings. The van der Waals surface area contributed by atoms with Crippen LogP contribution in [-0.4, -0.2) is 42.3 Å². The molecule has 5 N–H and O–H groups in total. The van der Waals surface area contributed by atoms with E-state index in [1.807, 2.05) is 0 Å². The summed E-state index contributed by atoms with van der Waals surface area (Å²) in [5, 5.41) is 10.4. The summed E-state index contributed by atoms with van der Waals surface area (Å²) in [5.41, 5.74) is 11.1. The van der Waals surface area contributed by atoms with Crippen molar-refractivity contribution in [2.75, 3.05) is 11.1 Å². The van der Waals surface area contributed by atoms with Crippen LogP contribution < -0.4 is 16.8 Å². The van der Waals surface area contributed by atoms with Gasteiger partial charge in [-0.25, -0.2) is 27.1 Å². The largest absolute Gasteiger partial charge is 0.384 e. The first kappa shape index (κ1) is 21.0. The molecular weight excluding hydrogens is 420 g/mol. The molecule has 166 valence electrons. The zero-order chi connectivity index (χ0) is 22.5. The number of nitrogen functional groups attached to an aromatic ring is 1. The molecule has 2 atom stereocenters. The number of nitrogens with zero attached hydrogens (tertiary/aromatic N) is 5. The highest BCUT2D eigenvalue weighted by atomic mass is 19.3. The van der Waals surface area contributed by atoms with Crippen LogP contribution in [0.1, 0.15) is 53.4 Å². The highest BCUT2D eigenvalue weighted by molar-refractivity contribution is 6.09. The van der Waals surface area contributed by atoms with Gasteiger partial charge in [-0.1, -0.05) is 0 Å². The molecule has 1 aliphatic carbocycles. The Hall–Kier alpha value is -3.22. The number of carbonyl (C=O) groups is 1. The second-order valence-electron chi connectivity index (χ2n) is 7.61. The third-order valence-electron chi connectivity index (χ3n) is 5.30. The van der Waals surface area contributed by atoms with E-state index in [-0.39, 0.29) is 34.8 Å². The van der Waals surface area contributed by atoms with Crippen LogP contribution in [0.15, 0.2) is 18.5 Å². The number of aromatic nitrogens is 5. The minimum atomic E-state index is -2.91. The van der Waals surface area contributed by atoms with Gasteiger partial charge in [0.2, 0.25) is 5.92 Å². The van der Waals surface area contributed by atoms with E-state index in [0.717, 1.165) is 4.68 Å². The number of rotatable bonds is 4. The molecule has 0 aliphatic heterocycles. The predicted molar refractivity (Wildman–Crippen MR) is 103 cm³/mol. The molecule has 0 saturated heterocycles. The summed E-state index contributed by atoms with van der Waals surface area (Å²) in [7, 11) is 1.44. The number of hydrogen-bond donors (Lipinski definition) is 3. The average Bonchev–Trinajstić information content (AvgIpc) is 3.20.